The van der Waals surface area contributed by atoms with Crippen LogP contribution in [0.2, 0.25) is 19.6 Å². The summed E-state index contributed by atoms with van der Waals surface area (Å²) in [5.41, 5.74) is 5.14. The van der Waals surface area contributed by atoms with Crippen LogP contribution in [0.3, 0.4) is 0 Å². The summed E-state index contributed by atoms with van der Waals surface area (Å²) < 4.78 is 5.43. The maximum Gasteiger partial charge on any atom is 0.143 e. The van der Waals surface area contributed by atoms with E-state index in [1.165, 1.54) is 0 Å². The lowest BCUT2D eigenvalue weighted by atomic mass is 10.0. The van der Waals surface area contributed by atoms with E-state index in [1.807, 2.05) is 24.3 Å². The Morgan fingerprint density at radius 1 is 1.24 bits per heavy atom. The van der Waals surface area contributed by atoms with E-state index in [2.05, 4.69) is 37.0 Å². The third-order valence-corrected chi connectivity index (χ3v) is 3.11. The van der Waals surface area contributed by atoms with Crippen LogP contribution in [0.4, 0.5) is 0 Å². The molecule has 0 bridgehead atoms. The fourth-order valence-electron chi connectivity index (χ4n) is 1.40. The van der Waals surface area contributed by atoms with Gasteiger partial charge in [-0.25, -0.2) is 0 Å². The molecule has 1 atom stereocenters. The van der Waals surface area contributed by atoms with Crippen molar-refractivity contribution in [1.82, 2.24) is 0 Å². The van der Waals surface area contributed by atoms with E-state index in [4.69, 9.17) is 11.2 Å². The molecule has 1 aromatic rings. The zero-order valence-electron chi connectivity index (χ0n) is 10.9. The molecule has 0 radical (unpaired) electrons. The third-order valence-electron chi connectivity index (χ3n) is 2.21. The lowest BCUT2D eigenvalue weighted by Crippen LogP contribution is -2.17. The Morgan fingerprint density at radius 2 is 1.88 bits per heavy atom. The van der Waals surface area contributed by atoms with Gasteiger partial charge in [-0.2, -0.15) is 0 Å². The van der Waals surface area contributed by atoms with Crippen LogP contribution in [0.5, 0.6) is 0 Å². The summed E-state index contributed by atoms with van der Waals surface area (Å²) in [6.07, 6.45) is 5.25. The van der Waals surface area contributed by atoms with Gasteiger partial charge in [0.25, 0.3) is 0 Å². The monoisotopic (exact) mass is 242 g/mol. The highest BCUT2D eigenvalue weighted by Crippen LogP contribution is 2.19. The number of rotatable bonds is 2. The quantitative estimate of drug-likeness (QED) is 0.571. The van der Waals surface area contributed by atoms with Gasteiger partial charge in [-0.05, 0) is 6.07 Å². The molecule has 0 saturated heterocycles. The van der Waals surface area contributed by atoms with Crippen molar-refractivity contribution in [2.45, 2.75) is 25.7 Å². The summed E-state index contributed by atoms with van der Waals surface area (Å²) in [7, 11) is 0.274. The second kappa shape index (κ2) is 5.73. The Labute approximate surface area is 105 Å². The SMILES string of the molecule is C#Cc1ccccc1C(C#C[Si](C)(C)C)OC. The number of benzene rings is 1. The van der Waals surface area contributed by atoms with Crippen molar-refractivity contribution in [3.8, 4) is 23.8 Å². The number of hydrogen-bond acceptors (Lipinski definition) is 1. The van der Waals surface area contributed by atoms with Crippen LogP contribution in [-0.4, -0.2) is 15.2 Å². The summed E-state index contributed by atoms with van der Waals surface area (Å²) in [5.74, 6) is 5.87. The Morgan fingerprint density at radius 3 is 2.41 bits per heavy atom. The fraction of sp³-hybridized carbons (Fsp3) is 0.333. The Bertz CT molecular complexity index is 480. The molecule has 1 aromatic carbocycles. The van der Waals surface area contributed by atoms with Crippen LogP contribution < -0.4 is 0 Å². The fourth-order valence-corrected chi connectivity index (χ4v) is 1.97. The molecule has 0 spiro atoms. The normalized spacial score (nSPS) is 12.2. The van der Waals surface area contributed by atoms with Crippen LogP contribution in [0.15, 0.2) is 24.3 Å². The van der Waals surface area contributed by atoms with Gasteiger partial charge in [-0.3, -0.25) is 0 Å². The summed E-state index contributed by atoms with van der Waals surface area (Å²) in [6.45, 7) is 6.62. The summed E-state index contributed by atoms with van der Waals surface area (Å²) in [6, 6.07) is 7.77. The van der Waals surface area contributed by atoms with E-state index in [0.717, 1.165) is 11.1 Å². The van der Waals surface area contributed by atoms with E-state index < -0.39 is 8.07 Å². The van der Waals surface area contributed by atoms with Gasteiger partial charge < -0.3 is 4.74 Å². The van der Waals surface area contributed by atoms with Crippen molar-refractivity contribution in [2.75, 3.05) is 7.11 Å². The minimum Gasteiger partial charge on any atom is -0.364 e. The van der Waals surface area contributed by atoms with Crippen molar-refractivity contribution in [3.05, 3.63) is 35.4 Å². The maximum atomic E-state index is 5.48. The lowest BCUT2D eigenvalue weighted by molar-refractivity contribution is 0.150. The van der Waals surface area contributed by atoms with Crippen molar-refractivity contribution in [2.24, 2.45) is 0 Å². The minimum atomic E-state index is -1.39. The zero-order chi connectivity index (χ0) is 12.9. The van der Waals surface area contributed by atoms with E-state index >= 15 is 0 Å². The maximum absolute atomic E-state index is 5.48. The van der Waals surface area contributed by atoms with E-state index in [-0.39, 0.29) is 6.10 Å². The summed E-state index contributed by atoms with van der Waals surface area (Å²) in [4.78, 5) is 0. The molecule has 0 fully saturated rings. The minimum absolute atomic E-state index is 0.228. The topological polar surface area (TPSA) is 9.23 Å². The van der Waals surface area contributed by atoms with E-state index in [0.29, 0.717) is 0 Å². The first-order chi connectivity index (χ1) is 7.98. The van der Waals surface area contributed by atoms with Crippen LogP contribution >= 0.6 is 0 Å². The summed E-state index contributed by atoms with van der Waals surface area (Å²) >= 11 is 0. The van der Waals surface area contributed by atoms with Crippen LogP contribution in [0.25, 0.3) is 0 Å². The van der Waals surface area contributed by atoms with Crippen LogP contribution in [0.1, 0.15) is 17.2 Å². The molecule has 1 rings (SSSR count). The highest BCUT2D eigenvalue weighted by Gasteiger charge is 2.13. The molecule has 0 aromatic heterocycles. The standard InChI is InChI=1S/C15H18OSi/c1-6-13-9-7-8-10-14(13)15(16-2)11-12-17(3,4)5/h1,7-10,15H,2-5H3. The van der Waals surface area contributed by atoms with Gasteiger partial charge in [-0.15, -0.1) is 12.0 Å². The molecule has 0 aliphatic rings. The van der Waals surface area contributed by atoms with E-state index in [9.17, 15) is 0 Å². The molecule has 1 unspecified atom stereocenters. The molecule has 17 heavy (non-hydrogen) atoms. The molecule has 0 heterocycles. The predicted molar refractivity (Wildman–Crippen MR) is 75.2 cm³/mol. The molecular weight excluding hydrogens is 224 g/mol. The molecular formula is C15H18OSi. The second-order valence-electron chi connectivity index (χ2n) is 4.87. The Kier molecular flexibility index (Phi) is 4.58. The second-order valence-corrected chi connectivity index (χ2v) is 9.62. The first-order valence-electron chi connectivity index (χ1n) is 5.59. The van der Waals surface area contributed by atoms with Gasteiger partial charge in [0.1, 0.15) is 14.2 Å². The first kappa shape index (κ1) is 13.6. The molecule has 0 N–H and O–H groups in total. The van der Waals surface area contributed by atoms with Crippen LogP contribution in [-0.2, 0) is 4.74 Å². The van der Waals surface area contributed by atoms with Gasteiger partial charge in [0.2, 0.25) is 0 Å². The molecule has 88 valence electrons. The van der Waals surface area contributed by atoms with Crippen LogP contribution in [0, 0.1) is 23.8 Å². The average Bonchev–Trinajstić information content (AvgIpc) is 2.29. The number of ether oxygens (including phenoxy) is 1. The molecule has 0 saturated carbocycles. The third kappa shape index (κ3) is 4.11. The molecule has 0 amide bonds. The number of terminal acetylenes is 1. The predicted octanol–water partition coefficient (Wildman–Crippen LogP) is 3.24. The van der Waals surface area contributed by atoms with Gasteiger partial charge >= 0.3 is 0 Å². The average molecular weight is 242 g/mol. The summed E-state index contributed by atoms with van der Waals surface area (Å²) in [5, 5.41) is 0. The zero-order valence-corrected chi connectivity index (χ0v) is 11.9. The largest absolute Gasteiger partial charge is 0.364 e. The Balaban J connectivity index is 3.10. The van der Waals surface area contributed by atoms with E-state index in [1.54, 1.807) is 7.11 Å². The Hall–Kier alpha value is -1.48. The molecule has 0 aliphatic heterocycles. The highest BCUT2D eigenvalue weighted by molar-refractivity contribution is 6.83. The van der Waals surface area contributed by atoms with Crippen molar-refractivity contribution < 1.29 is 4.74 Å². The van der Waals surface area contributed by atoms with Gasteiger partial charge in [0, 0.05) is 18.2 Å². The lowest BCUT2D eigenvalue weighted by Gasteiger charge is -2.12. The number of hydrogen-bond donors (Lipinski definition) is 0. The van der Waals surface area contributed by atoms with Gasteiger partial charge in [0.15, 0.2) is 0 Å². The molecule has 2 heteroatoms. The number of methoxy groups -OCH3 is 1. The van der Waals surface area contributed by atoms with Crippen molar-refractivity contribution in [1.29, 1.82) is 0 Å². The van der Waals surface area contributed by atoms with Crippen molar-refractivity contribution >= 4 is 8.07 Å². The molecule has 0 aliphatic carbocycles. The highest BCUT2D eigenvalue weighted by atomic mass is 28.3. The van der Waals surface area contributed by atoms with Gasteiger partial charge in [0.05, 0.1) is 0 Å². The smallest absolute Gasteiger partial charge is 0.143 e. The van der Waals surface area contributed by atoms with Gasteiger partial charge in [-0.1, -0.05) is 49.7 Å². The van der Waals surface area contributed by atoms with Crippen molar-refractivity contribution in [3.63, 3.8) is 0 Å². The first-order valence-corrected chi connectivity index (χ1v) is 9.09. The molecule has 1 nitrogen and oxygen atoms in total.